The first-order valence-corrected chi connectivity index (χ1v) is 7.14. The lowest BCUT2D eigenvalue weighted by molar-refractivity contribution is -0.147. The molecule has 6 nitrogen and oxygen atoms in total. The third-order valence-electron chi connectivity index (χ3n) is 4.85. The molecule has 2 heterocycles. The highest BCUT2D eigenvalue weighted by molar-refractivity contribution is 5.79. The molecule has 2 fully saturated rings. The largest absolute Gasteiger partial charge is 0.481 e. The summed E-state index contributed by atoms with van der Waals surface area (Å²) < 4.78 is 0. The second kappa shape index (κ2) is 4.91. The molecule has 2 rings (SSSR count). The van der Waals surface area contributed by atoms with Gasteiger partial charge in [0.1, 0.15) is 0 Å². The smallest absolute Gasteiger partial charge is 0.320 e. The lowest BCUT2D eigenvalue weighted by atomic mass is 9.90. The Morgan fingerprint density at radius 1 is 1.00 bits per heavy atom. The van der Waals surface area contributed by atoms with Crippen LogP contribution in [0.3, 0.4) is 0 Å². The standard InChI is InChI=1S/C14H25N3O3/c1-13(2)9-17(8-7-15(13)4)12(20)16-6-5-14(3,10-16)11(18)19/h5-10H2,1-4H3,(H,18,19). The van der Waals surface area contributed by atoms with Crippen LogP contribution in [0.4, 0.5) is 4.79 Å². The van der Waals surface area contributed by atoms with E-state index >= 15 is 0 Å². The summed E-state index contributed by atoms with van der Waals surface area (Å²) in [6, 6.07) is -0.0175. The van der Waals surface area contributed by atoms with Crippen molar-refractivity contribution < 1.29 is 14.7 Å². The van der Waals surface area contributed by atoms with E-state index in [-0.39, 0.29) is 11.6 Å². The number of nitrogens with zero attached hydrogens (tertiary/aromatic N) is 3. The van der Waals surface area contributed by atoms with Gasteiger partial charge in [0.2, 0.25) is 0 Å². The number of urea groups is 1. The van der Waals surface area contributed by atoms with Crippen molar-refractivity contribution >= 4 is 12.0 Å². The Morgan fingerprint density at radius 3 is 2.10 bits per heavy atom. The van der Waals surface area contributed by atoms with Gasteiger partial charge in [0.15, 0.2) is 0 Å². The molecule has 0 spiro atoms. The fourth-order valence-corrected chi connectivity index (χ4v) is 2.90. The van der Waals surface area contributed by atoms with Crippen molar-refractivity contribution in [1.29, 1.82) is 0 Å². The molecule has 2 amide bonds. The van der Waals surface area contributed by atoms with Gasteiger partial charge in [0.25, 0.3) is 0 Å². The van der Waals surface area contributed by atoms with E-state index in [1.807, 2.05) is 4.90 Å². The molecule has 0 aromatic heterocycles. The summed E-state index contributed by atoms with van der Waals surface area (Å²) in [5.74, 6) is -0.813. The van der Waals surface area contributed by atoms with Gasteiger partial charge in [-0.2, -0.15) is 0 Å². The Hall–Kier alpha value is -1.30. The van der Waals surface area contributed by atoms with Gasteiger partial charge in [-0.25, -0.2) is 4.79 Å². The molecular weight excluding hydrogens is 258 g/mol. The van der Waals surface area contributed by atoms with Crippen LogP contribution in [0.1, 0.15) is 27.2 Å². The number of aliphatic carboxylic acids is 1. The van der Waals surface area contributed by atoms with E-state index in [9.17, 15) is 14.7 Å². The summed E-state index contributed by atoms with van der Waals surface area (Å²) in [7, 11) is 2.07. The molecule has 1 atom stereocenters. The summed E-state index contributed by atoms with van der Waals surface area (Å²) in [5, 5.41) is 9.24. The van der Waals surface area contributed by atoms with E-state index in [4.69, 9.17) is 0 Å². The van der Waals surface area contributed by atoms with Crippen LogP contribution < -0.4 is 0 Å². The molecule has 1 N–H and O–H groups in total. The van der Waals surface area contributed by atoms with E-state index in [2.05, 4.69) is 25.8 Å². The van der Waals surface area contributed by atoms with Gasteiger partial charge >= 0.3 is 12.0 Å². The van der Waals surface area contributed by atoms with Crippen LogP contribution in [0.5, 0.6) is 0 Å². The lowest BCUT2D eigenvalue weighted by Crippen LogP contribution is -2.60. The fourth-order valence-electron chi connectivity index (χ4n) is 2.90. The maximum absolute atomic E-state index is 12.5. The molecule has 0 radical (unpaired) electrons. The highest BCUT2D eigenvalue weighted by Gasteiger charge is 2.44. The summed E-state index contributed by atoms with van der Waals surface area (Å²) in [6.45, 7) is 9.05. The van der Waals surface area contributed by atoms with Crippen LogP contribution >= 0.6 is 0 Å². The van der Waals surface area contributed by atoms with Crippen molar-refractivity contribution in [2.45, 2.75) is 32.7 Å². The molecule has 114 valence electrons. The van der Waals surface area contributed by atoms with Crippen LogP contribution in [-0.4, -0.2) is 77.1 Å². The number of rotatable bonds is 1. The van der Waals surface area contributed by atoms with Crippen LogP contribution in [0, 0.1) is 5.41 Å². The second-order valence-corrected chi connectivity index (χ2v) is 6.98. The van der Waals surface area contributed by atoms with E-state index < -0.39 is 11.4 Å². The first-order chi connectivity index (χ1) is 9.16. The predicted octanol–water partition coefficient (Wildman–Crippen LogP) is 0.929. The Kier molecular flexibility index (Phi) is 3.71. The van der Waals surface area contributed by atoms with Crippen LogP contribution in [0.2, 0.25) is 0 Å². The van der Waals surface area contributed by atoms with E-state index in [0.29, 0.717) is 32.6 Å². The average Bonchev–Trinajstić information content (AvgIpc) is 2.76. The van der Waals surface area contributed by atoms with Crippen molar-refractivity contribution in [3.63, 3.8) is 0 Å². The minimum atomic E-state index is -0.813. The summed E-state index contributed by atoms with van der Waals surface area (Å²) in [5.41, 5.74) is -0.832. The van der Waals surface area contributed by atoms with Crippen LogP contribution in [0.15, 0.2) is 0 Å². The molecule has 0 saturated carbocycles. The van der Waals surface area contributed by atoms with Gasteiger partial charge in [0, 0.05) is 38.3 Å². The zero-order valence-corrected chi connectivity index (χ0v) is 12.8. The second-order valence-electron chi connectivity index (χ2n) is 6.98. The summed E-state index contributed by atoms with van der Waals surface area (Å²) in [4.78, 5) is 29.6. The van der Waals surface area contributed by atoms with Crippen molar-refractivity contribution in [3.8, 4) is 0 Å². The molecule has 2 aliphatic heterocycles. The third kappa shape index (κ3) is 2.61. The van der Waals surface area contributed by atoms with Gasteiger partial charge in [-0.1, -0.05) is 0 Å². The van der Waals surface area contributed by atoms with Gasteiger partial charge < -0.3 is 14.9 Å². The highest BCUT2D eigenvalue weighted by Crippen LogP contribution is 2.31. The Bertz CT molecular complexity index is 424. The third-order valence-corrected chi connectivity index (χ3v) is 4.85. The van der Waals surface area contributed by atoms with Gasteiger partial charge in [-0.3, -0.25) is 9.69 Å². The summed E-state index contributed by atoms with van der Waals surface area (Å²) >= 11 is 0. The van der Waals surface area contributed by atoms with Crippen molar-refractivity contribution in [1.82, 2.24) is 14.7 Å². The quantitative estimate of drug-likeness (QED) is 0.777. The number of hydrogen-bond acceptors (Lipinski definition) is 3. The molecule has 0 bridgehead atoms. The Balaban J connectivity index is 2.01. The monoisotopic (exact) mass is 283 g/mol. The zero-order valence-electron chi connectivity index (χ0n) is 12.8. The Morgan fingerprint density at radius 2 is 1.60 bits per heavy atom. The molecule has 6 heteroatoms. The van der Waals surface area contributed by atoms with Crippen molar-refractivity contribution in [3.05, 3.63) is 0 Å². The Labute approximate surface area is 120 Å². The van der Waals surface area contributed by atoms with Crippen molar-refractivity contribution in [2.24, 2.45) is 5.41 Å². The van der Waals surface area contributed by atoms with E-state index in [0.717, 1.165) is 6.54 Å². The predicted molar refractivity (Wildman–Crippen MR) is 75.6 cm³/mol. The number of amides is 2. The SMILES string of the molecule is CN1CCN(C(=O)N2CCC(C)(C(=O)O)C2)CC1(C)C. The van der Waals surface area contributed by atoms with Crippen LogP contribution in [0.25, 0.3) is 0 Å². The van der Waals surface area contributed by atoms with Crippen molar-refractivity contribution in [2.75, 3.05) is 39.8 Å². The molecule has 0 aliphatic carbocycles. The maximum Gasteiger partial charge on any atom is 0.320 e. The number of carbonyl (C=O) groups is 2. The molecule has 20 heavy (non-hydrogen) atoms. The number of likely N-dealkylation sites (N-methyl/N-ethyl adjacent to an activating group) is 1. The first kappa shape index (κ1) is 15.1. The maximum atomic E-state index is 12.5. The zero-order chi connectivity index (χ0) is 15.1. The molecule has 2 saturated heterocycles. The highest BCUT2D eigenvalue weighted by atomic mass is 16.4. The van der Waals surface area contributed by atoms with Crippen LogP contribution in [-0.2, 0) is 4.79 Å². The topological polar surface area (TPSA) is 64.1 Å². The average molecular weight is 283 g/mol. The fraction of sp³-hybridized carbons (Fsp3) is 0.857. The first-order valence-electron chi connectivity index (χ1n) is 7.14. The normalized spacial score (nSPS) is 30.6. The number of likely N-dealkylation sites (tertiary alicyclic amines) is 1. The number of carboxylic acid groups (broad SMARTS) is 1. The van der Waals surface area contributed by atoms with E-state index in [1.165, 1.54) is 0 Å². The molecule has 2 aliphatic rings. The van der Waals surface area contributed by atoms with Gasteiger partial charge in [-0.05, 0) is 34.2 Å². The van der Waals surface area contributed by atoms with Gasteiger partial charge in [0.05, 0.1) is 5.41 Å². The summed E-state index contributed by atoms with van der Waals surface area (Å²) in [6.07, 6.45) is 0.533. The lowest BCUT2D eigenvalue weighted by Gasteiger charge is -2.46. The molecule has 0 aromatic carbocycles. The molecule has 0 aromatic rings. The number of carboxylic acids is 1. The number of piperazine rings is 1. The van der Waals surface area contributed by atoms with E-state index in [1.54, 1.807) is 11.8 Å². The number of hydrogen-bond donors (Lipinski definition) is 1. The molecule has 1 unspecified atom stereocenters. The number of carbonyl (C=O) groups excluding carboxylic acids is 1. The minimum absolute atomic E-state index is 0.0175. The molecular formula is C14H25N3O3. The minimum Gasteiger partial charge on any atom is -0.481 e. The van der Waals surface area contributed by atoms with Gasteiger partial charge in [-0.15, -0.1) is 0 Å².